The van der Waals surface area contributed by atoms with Crippen molar-refractivity contribution in [2.45, 2.75) is 25.2 Å². The third-order valence-electron chi connectivity index (χ3n) is 6.16. The molecule has 1 saturated heterocycles. The Kier molecular flexibility index (Phi) is 3.97. The number of hydrogen-bond acceptors (Lipinski definition) is 5. The van der Waals surface area contributed by atoms with Crippen molar-refractivity contribution in [3.8, 4) is 0 Å². The van der Waals surface area contributed by atoms with Crippen LogP contribution in [0.3, 0.4) is 0 Å². The minimum atomic E-state index is 0.429. The lowest BCUT2D eigenvalue weighted by atomic mass is 9.80. The molecule has 1 atom stereocenters. The molecule has 2 heterocycles. The Morgan fingerprint density at radius 2 is 1.67 bits per heavy atom. The lowest BCUT2D eigenvalue weighted by Gasteiger charge is -2.43. The van der Waals surface area contributed by atoms with Crippen LogP contribution in [-0.4, -0.2) is 36.3 Å². The van der Waals surface area contributed by atoms with Crippen molar-refractivity contribution in [2.24, 2.45) is 0 Å². The van der Waals surface area contributed by atoms with Gasteiger partial charge in [0.2, 0.25) is 0 Å². The molecule has 1 unspecified atom stereocenters. The minimum absolute atomic E-state index is 0.429. The number of piperazine rings is 1. The number of nitrogens with two attached hydrogens (primary N) is 1. The molecule has 0 bridgehead atoms. The van der Waals surface area contributed by atoms with Gasteiger partial charge in [0.25, 0.3) is 0 Å². The maximum Gasteiger partial charge on any atom is 0.131 e. The van der Waals surface area contributed by atoms with E-state index in [-0.39, 0.29) is 0 Å². The van der Waals surface area contributed by atoms with E-state index in [2.05, 4.69) is 46.2 Å². The average Bonchev–Trinajstić information content (AvgIpc) is 2.71. The van der Waals surface area contributed by atoms with E-state index in [9.17, 15) is 5.21 Å². The van der Waals surface area contributed by atoms with Crippen LogP contribution < -0.4 is 15.7 Å². The molecule has 2 aromatic carbocycles. The second kappa shape index (κ2) is 6.50. The van der Waals surface area contributed by atoms with Gasteiger partial charge in [-0.15, -0.1) is 0 Å². The Bertz CT molecular complexity index is 868. The number of anilines is 3. The first-order chi connectivity index (χ1) is 13.2. The van der Waals surface area contributed by atoms with E-state index in [0.717, 1.165) is 49.8 Å². The van der Waals surface area contributed by atoms with E-state index in [1.54, 1.807) is 0 Å². The lowest BCUT2D eigenvalue weighted by molar-refractivity contribution is 0.206. The van der Waals surface area contributed by atoms with Gasteiger partial charge < -0.3 is 15.5 Å². The molecule has 0 spiro atoms. The van der Waals surface area contributed by atoms with Gasteiger partial charge in [-0.2, -0.15) is 0 Å². The number of nitrogen functional groups attached to an aromatic ring is 1. The van der Waals surface area contributed by atoms with Gasteiger partial charge in [-0.25, -0.2) is 5.06 Å². The van der Waals surface area contributed by atoms with Crippen molar-refractivity contribution in [3.63, 3.8) is 0 Å². The topological polar surface area (TPSA) is 56.0 Å². The fourth-order valence-corrected chi connectivity index (χ4v) is 4.75. The molecule has 0 radical (unpaired) electrons. The van der Waals surface area contributed by atoms with Crippen LogP contribution in [0, 0.1) is 0 Å². The van der Waals surface area contributed by atoms with E-state index in [1.165, 1.54) is 34.7 Å². The second-order valence-corrected chi connectivity index (χ2v) is 7.75. The van der Waals surface area contributed by atoms with Crippen LogP contribution in [0.25, 0.3) is 0 Å². The van der Waals surface area contributed by atoms with Crippen LogP contribution in [0.15, 0.2) is 54.4 Å². The van der Waals surface area contributed by atoms with E-state index < -0.39 is 0 Å². The molecule has 5 nitrogen and oxygen atoms in total. The van der Waals surface area contributed by atoms with E-state index in [1.807, 2.05) is 12.1 Å². The highest BCUT2D eigenvalue weighted by Crippen LogP contribution is 2.44. The molecule has 3 N–H and O–H groups in total. The number of nitrogens with zero attached hydrogens (tertiary/aromatic N) is 3. The molecule has 0 amide bonds. The van der Waals surface area contributed by atoms with Gasteiger partial charge in [0, 0.05) is 43.5 Å². The van der Waals surface area contributed by atoms with Gasteiger partial charge in [0.05, 0.1) is 5.69 Å². The molecule has 3 aliphatic rings. The Morgan fingerprint density at radius 1 is 0.926 bits per heavy atom. The van der Waals surface area contributed by atoms with Crippen molar-refractivity contribution >= 4 is 17.1 Å². The van der Waals surface area contributed by atoms with Gasteiger partial charge in [-0.05, 0) is 66.8 Å². The first-order valence-corrected chi connectivity index (χ1v) is 9.89. The number of rotatable bonds is 2. The third kappa shape index (κ3) is 2.82. The summed E-state index contributed by atoms with van der Waals surface area (Å²) in [4.78, 5) is 4.70. The molecular formula is C22H26N4O. The molecule has 1 aliphatic carbocycles. The number of allylic oxidation sites excluding steroid dienone is 1. The standard InChI is InChI=1S/C22H26N4O/c23-18-7-9-19(10-8-18)24-11-13-25(14-12-24)21-15-17-5-1-3-16-4-2-6-20(22(16)17)26(21)27/h2,4,6-10,15,17,27H,1,3,5,11-14,23H2. The Labute approximate surface area is 160 Å². The maximum absolute atomic E-state index is 10.9. The molecule has 27 heavy (non-hydrogen) atoms. The van der Waals surface area contributed by atoms with Crippen LogP contribution in [0.4, 0.5) is 17.1 Å². The van der Waals surface area contributed by atoms with Crippen LogP contribution in [0.2, 0.25) is 0 Å². The van der Waals surface area contributed by atoms with Gasteiger partial charge in [-0.3, -0.25) is 5.21 Å². The molecule has 2 aromatic rings. The van der Waals surface area contributed by atoms with Gasteiger partial charge in [0.1, 0.15) is 5.82 Å². The summed E-state index contributed by atoms with van der Waals surface area (Å²) in [6.45, 7) is 3.67. The van der Waals surface area contributed by atoms with Crippen LogP contribution in [0.5, 0.6) is 0 Å². The predicted octanol–water partition coefficient (Wildman–Crippen LogP) is 3.56. The van der Waals surface area contributed by atoms with Crippen LogP contribution in [0.1, 0.15) is 29.9 Å². The minimum Gasteiger partial charge on any atom is -0.399 e. The Balaban J connectivity index is 1.36. The number of hydroxylamine groups is 1. The normalized spacial score (nSPS) is 21.7. The Hall–Kier alpha value is -2.66. The predicted molar refractivity (Wildman–Crippen MR) is 109 cm³/mol. The quantitative estimate of drug-likeness (QED) is 0.800. The third-order valence-corrected chi connectivity index (χ3v) is 6.16. The summed E-state index contributed by atoms with van der Waals surface area (Å²) in [5, 5.41) is 12.4. The zero-order valence-electron chi connectivity index (χ0n) is 15.5. The van der Waals surface area contributed by atoms with Crippen LogP contribution in [-0.2, 0) is 6.42 Å². The van der Waals surface area contributed by atoms with E-state index in [0.29, 0.717) is 5.92 Å². The molecule has 0 saturated carbocycles. The fraction of sp³-hybridized carbons (Fsp3) is 0.364. The summed E-state index contributed by atoms with van der Waals surface area (Å²) in [6, 6.07) is 14.4. The summed E-state index contributed by atoms with van der Waals surface area (Å²) in [5.41, 5.74) is 11.5. The number of aryl methyl sites for hydroxylation is 1. The monoisotopic (exact) mass is 362 g/mol. The summed E-state index contributed by atoms with van der Waals surface area (Å²) >= 11 is 0. The number of hydrogen-bond donors (Lipinski definition) is 2. The highest BCUT2D eigenvalue weighted by Gasteiger charge is 2.33. The van der Waals surface area contributed by atoms with Crippen molar-refractivity contribution in [1.29, 1.82) is 0 Å². The van der Waals surface area contributed by atoms with Crippen molar-refractivity contribution in [3.05, 3.63) is 65.5 Å². The average molecular weight is 362 g/mol. The molecule has 5 rings (SSSR count). The first-order valence-electron chi connectivity index (χ1n) is 9.89. The molecule has 0 aromatic heterocycles. The lowest BCUT2D eigenvalue weighted by Crippen LogP contribution is -2.49. The molecule has 2 aliphatic heterocycles. The summed E-state index contributed by atoms with van der Waals surface area (Å²) in [6.07, 6.45) is 5.80. The van der Waals surface area contributed by atoms with Gasteiger partial charge in [0.15, 0.2) is 0 Å². The zero-order chi connectivity index (χ0) is 18.4. The van der Waals surface area contributed by atoms with Crippen LogP contribution >= 0.6 is 0 Å². The first kappa shape index (κ1) is 16.5. The number of benzene rings is 2. The largest absolute Gasteiger partial charge is 0.399 e. The van der Waals surface area contributed by atoms with Crippen molar-refractivity contribution < 1.29 is 5.21 Å². The smallest absolute Gasteiger partial charge is 0.131 e. The van der Waals surface area contributed by atoms with E-state index >= 15 is 0 Å². The molecule has 1 fully saturated rings. The zero-order valence-corrected chi connectivity index (χ0v) is 15.5. The summed E-state index contributed by atoms with van der Waals surface area (Å²) < 4.78 is 0. The highest BCUT2D eigenvalue weighted by atomic mass is 16.5. The molecule has 5 heteroatoms. The van der Waals surface area contributed by atoms with Gasteiger partial charge >= 0.3 is 0 Å². The highest BCUT2D eigenvalue weighted by molar-refractivity contribution is 5.64. The van der Waals surface area contributed by atoms with Crippen molar-refractivity contribution in [2.75, 3.05) is 41.9 Å². The fourth-order valence-electron chi connectivity index (χ4n) is 4.75. The SMILES string of the molecule is Nc1ccc(N2CCN(C3=CC4CCCc5cccc(c54)N3O)CC2)cc1. The Morgan fingerprint density at radius 3 is 2.44 bits per heavy atom. The molecular weight excluding hydrogens is 336 g/mol. The summed E-state index contributed by atoms with van der Waals surface area (Å²) in [7, 11) is 0. The second-order valence-electron chi connectivity index (χ2n) is 7.75. The molecule has 140 valence electrons. The maximum atomic E-state index is 10.9. The summed E-state index contributed by atoms with van der Waals surface area (Å²) in [5.74, 6) is 1.38. The van der Waals surface area contributed by atoms with Gasteiger partial charge in [-0.1, -0.05) is 12.1 Å². The van der Waals surface area contributed by atoms with E-state index in [4.69, 9.17) is 5.73 Å². The van der Waals surface area contributed by atoms with Crippen molar-refractivity contribution in [1.82, 2.24) is 4.90 Å².